The number of hydrogen-bond donors (Lipinski definition) is 2. The number of benzene rings is 3. The summed E-state index contributed by atoms with van der Waals surface area (Å²) in [7, 11) is 0. The maximum atomic E-state index is 12.7. The lowest BCUT2D eigenvalue weighted by Crippen LogP contribution is -2.03. The van der Waals surface area contributed by atoms with Gasteiger partial charge >= 0.3 is 0 Å². The first-order chi connectivity index (χ1) is 15.2. The van der Waals surface area contributed by atoms with Crippen molar-refractivity contribution in [3.8, 4) is 21.8 Å². The zero-order chi connectivity index (χ0) is 20.8. The topological polar surface area (TPSA) is 57.8 Å². The molecule has 0 bridgehead atoms. The van der Waals surface area contributed by atoms with Crippen LogP contribution < -0.4 is 5.32 Å². The van der Waals surface area contributed by atoms with E-state index in [0.29, 0.717) is 5.57 Å². The molecule has 5 heteroatoms. The zero-order valence-corrected chi connectivity index (χ0v) is 17.2. The number of nitrogens with one attached hydrogen (secondary N) is 2. The lowest BCUT2D eigenvalue weighted by Gasteiger charge is -2.02. The highest BCUT2D eigenvalue weighted by Crippen LogP contribution is 2.37. The molecule has 1 aliphatic heterocycles. The summed E-state index contributed by atoms with van der Waals surface area (Å²) in [6.07, 6.45) is 1.92. The van der Waals surface area contributed by atoms with Crippen molar-refractivity contribution in [1.29, 1.82) is 0 Å². The molecule has 0 radical (unpaired) electrons. The molecule has 6 rings (SSSR count). The minimum Gasteiger partial charge on any atom is -0.355 e. The first kappa shape index (κ1) is 17.9. The van der Waals surface area contributed by atoms with Crippen molar-refractivity contribution in [1.82, 2.24) is 9.97 Å². The Labute approximate surface area is 182 Å². The van der Waals surface area contributed by atoms with Crippen LogP contribution in [-0.4, -0.2) is 15.9 Å². The van der Waals surface area contributed by atoms with E-state index in [1.807, 2.05) is 60.7 Å². The summed E-state index contributed by atoms with van der Waals surface area (Å²) in [5, 5.41) is 7.15. The number of rotatable bonds is 3. The normalized spacial score (nSPS) is 14.2. The molecular weight excluding hydrogens is 402 g/mol. The Morgan fingerprint density at radius 2 is 1.71 bits per heavy atom. The molecule has 148 valence electrons. The van der Waals surface area contributed by atoms with Crippen LogP contribution in [0.25, 0.3) is 44.4 Å². The van der Waals surface area contributed by atoms with Gasteiger partial charge in [-0.05, 0) is 35.7 Å². The van der Waals surface area contributed by atoms with E-state index in [1.165, 1.54) is 0 Å². The summed E-state index contributed by atoms with van der Waals surface area (Å²) in [5.74, 6) is -0.0888. The molecule has 0 spiro atoms. The SMILES string of the molecule is O=C1Nc2ccc(-c3csc(-c4ccccc4)n3)cc2C1=Cc1cc2ccccc2[nH]1. The molecule has 0 atom stereocenters. The van der Waals surface area contributed by atoms with E-state index in [1.54, 1.807) is 11.3 Å². The fraction of sp³-hybridized carbons (Fsp3) is 0. The van der Waals surface area contributed by atoms with Gasteiger partial charge in [-0.1, -0.05) is 54.6 Å². The highest BCUT2D eigenvalue weighted by atomic mass is 32.1. The second-order valence-corrected chi connectivity index (χ2v) is 8.35. The van der Waals surface area contributed by atoms with Crippen LogP contribution in [0.15, 0.2) is 84.2 Å². The van der Waals surface area contributed by atoms with Gasteiger partial charge in [0.2, 0.25) is 0 Å². The predicted octanol–water partition coefficient (Wildman–Crippen LogP) is 6.45. The molecule has 2 aromatic heterocycles. The second kappa shape index (κ2) is 7.07. The number of aromatic amines is 1. The molecule has 1 aliphatic rings. The van der Waals surface area contributed by atoms with Gasteiger partial charge < -0.3 is 10.3 Å². The summed E-state index contributed by atoms with van der Waals surface area (Å²) in [5.41, 5.74) is 7.36. The fourth-order valence-corrected chi connectivity index (χ4v) is 4.77. The summed E-state index contributed by atoms with van der Waals surface area (Å²) in [6, 6.07) is 26.3. The van der Waals surface area contributed by atoms with E-state index in [0.717, 1.165) is 49.7 Å². The van der Waals surface area contributed by atoms with Gasteiger partial charge in [0.05, 0.1) is 11.3 Å². The van der Waals surface area contributed by atoms with Gasteiger partial charge in [-0.25, -0.2) is 4.98 Å². The molecule has 0 saturated carbocycles. The number of carbonyl (C=O) groups is 1. The number of amides is 1. The largest absolute Gasteiger partial charge is 0.355 e. The molecular formula is C26H17N3OS. The minimum atomic E-state index is -0.0888. The number of fused-ring (bicyclic) bond motifs is 2. The number of nitrogens with zero attached hydrogens (tertiary/aromatic N) is 1. The second-order valence-electron chi connectivity index (χ2n) is 7.49. The molecule has 3 heterocycles. The van der Waals surface area contributed by atoms with Crippen LogP contribution >= 0.6 is 11.3 Å². The third-order valence-corrected chi connectivity index (χ3v) is 6.37. The van der Waals surface area contributed by atoms with Crippen molar-refractivity contribution >= 4 is 45.5 Å². The molecule has 5 aromatic rings. The Morgan fingerprint density at radius 1 is 0.871 bits per heavy atom. The van der Waals surface area contributed by atoms with Gasteiger partial charge in [0.15, 0.2) is 0 Å². The molecule has 3 aromatic carbocycles. The van der Waals surface area contributed by atoms with Gasteiger partial charge in [-0.3, -0.25) is 4.79 Å². The predicted molar refractivity (Wildman–Crippen MR) is 128 cm³/mol. The average Bonchev–Trinajstić information content (AvgIpc) is 3.52. The molecule has 0 unspecified atom stereocenters. The highest BCUT2D eigenvalue weighted by Gasteiger charge is 2.25. The van der Waals surface area contributed by atoms with Crippen LogP contribution in [0.4, 0.5) is 5.69 Å². The third kappa shape index (κ3) is 3.16. The van der Waals surface area contributed by atoms with Gasteiger partial charge in [-0.2, -0.15) is 0 Å². The highest BCUT2D eigenvalue weighted by molar-refractivity contribution is 7.13. The van der Waals surface area contributed by atoms with Crippen molar-refractivity contribution in [3.05, 3.63) is 95.5 Å². The van der Waals surface area contributed by atoms with Gasteiger partial charge in [0, 0.05) is 39.0 Å². The lowest BCUT2D eigenvalue weighted by molar-refractivity contribution is -0.110. The molecule has 0 fully saturated rings. The van der Waals surface area contributed by atoms with E-state index in [9.17, 15) is 4.79 Å². The summed E-state index contributed by atoms with van der Waals surface area (Å²) < 4.78 is 0. The quantitative estimate of drug-likeness (QED) is 0.330. The average molecular weight is 420 g/mol. The van der Waals surface area contributed by atoms with Crippen molar-refractivity contribution in [2.45, 2.75) is 0 Å². The third-order valence-electron chi connectivity index (χ3n) is 5.47. The first-order valence-electron chi connectivity index (χ1n) is 10.0. The molecule has 4 nitrogen and oxygen atoms in total. The van der Waals surface area contributed by atoms with Crippen molar-refractivity contribution in [2.24, 2.45) is 0 Å². The molecule has 1 amide bonds. The van der Waals surface area contributed by atoms with Crippen molar-refractivity contribution < 1.29 is 4.79 Å². The van der Waals surface area contributed by atoms with Crippen LogP contribution in [0.3, 0.4) is 0 Å². The number of H-pyrrole nitrogens is 1. The van der Waals surface area contributed by atoms with Crippen LogP contribution in [-0.2, 0) is 4.79 Å². The van der Waals surface area contributed by atoms with Crippen LogP contribution in [0.1, 0.15) is 11.3 Å². The van der Waals surface area contributed by atoms with Crippen LogP contribution in [0.2, 0.25) is 0 Å². The Bertz CT molecular complexity index is 1440. The maximum absolute atomic E-state index is 12.7. The van der Waals surface area contributed by atoms with Crippen molar-refractivity contribution in [3.63, 3.8) is 0 Å². The molecule has 31 heavy (non-hydrogen) atoms. The molecule has 2 N–H and O–H groups in total. The van der Waals surface area contributed by atoms with Gasteiger partial charge in [0.25, 0.3) is 5.91 Å². The first-order valence-corrected chi connectivity index (χ1v) is 10.9. The number of aromatic nitrogens is 2. The summed E-state index contributed by atoms with van der Waals surface area (Å²) >= 11 is 1.62. The van der Waals surface area contributed by atoms with Crippen LogP contribution in [0.5, 0.6) is 0 Å². The van der Waals surface area contributed by atoms with Crippen molar-refractivity contribution in [2.75, 3.05) is 5.32 Å². The smallest absolute Gasteiger partial charge is 0.256 e. The maximum Gasteiger partial charge on any atom is 0.256 e. The van der Waals surface area contributed by atoms with E-state index in [4.69, 9.17) is 4.98 Å². The Balaban J connectivity index is 1.40. The Kier molecular flexibility index (Phi) is 4.08. The Hall–Kier alpha value is -3.96. The van der Waals surface area contributed by atoms with E-state index >= 15 is 0 Å². The number of hydrogen-bond acceptors (Lipinski definition) is 3. The molecule has 0 saturated heterocycles. The van der Waals surface area contributed by atoms with E-state index in [-0.39, 0.29) is 5.91 Å². The Morgan fingerprint density at radius 3 is 2.58 bits per heavy atom. The number of anilines is 1. The zero-order valence-electron chi connectivity index (χ0n) is 16.4. The number of carbonyl (C=O) groups excluding carboxylic acids is 1. The number of para-hydroxylation sites is 1. The van der Waals surface area contributed by atoms with E-state index < -0.39 is 0 Å². The summed E-state index contributed by atoms with van der Waals surface area (Å²) in [6.45, 7) is 0. The van der Waals surface area contributed by atoms with Gasteiger partial charge in [0.1, 0.15) is 5.01 Å². The summed E-state index contributed by atoms with van der Waals surface area (Å²) in [4.78, 5) is 20.9. The number of thiazole rings is 1. The van der Waals surface area contributed by atoms with Crippen LogP contribution in [0, 0.1) is 0 Å². The standard InChI is InChI=1S/C26H17N3OS/c30-25-21(14-19-12-17-8-4-5-9-22(17)27-19)20-13-18(10-11-23(20)28-25)24-15-31-26(29-24)16-6-2-1-3-7-16/h1-15,27H,(H,28,30). The van der Waals surface area contributed by atoms with Gasteiger partial charge in [-0.15, -0.1) is 11.3 Å². The molecule has 0 aliphatic carbocycles. The monoisotopic (exact) mass is 419 g/mol. The van der Waals surface area contributed by atoms with E-state index in [2.05, 4.69) is 39.9 Å². The fourth-order valence-electron chi connectivity index (χ4n) is 3.94. The minimum absolute atomic E-state index is 0.0888. The lowest BCUT2D eigenvalue weighted by atomic mass is 10.0.